The molecular formula is C10H17N3. The van der Waals surface area contributed by atoms with Crippen LogP contribution in [0.25, 0.3) is 0 Å². The fraction of sp³-hybridized carbons (Fsp3) is 0.700. The lowest BCUT2D eigenvalue weighted by atomic mass is 10.3. The molecule has 0 saturated heterocycles. The van der Waals surface area contributed by atoms with Crippen LogP contribution in [-0.2, 0) is 13.6 Å². The molecule has 1 fully saturated rings. The van der Waals surface area contributed by atoms with Gasteiger partial charge >= 0.3 is 0 Å². The van der Waals surface area contributed by atoms with E-state index in [9.17, 15) is 0 Å². The van der Waals surface area contributed by atoms with Crippen molar-refractivity contribution in [3.63, 3.8) is 0 Å². The number of aryl methyl sites for hydroxylation is 2. The predicted octanol–water partition coefficient (Wildman–Crippen LogP) is 1.23. The van der Waals surface area contributed by atoms with Gasteiger partial charge in [-0.3, -0.25) is 4.68 Å². The summed E-state index contributed by atoms with van der Waals surface area (Å²) in [6.07, 6.45) is 1.33. The molecule has 2 rings (SSSR count). The van der Waals surface area contributed by atoms with Crippen LogP contribution < -0.4 is 5.32 Å². The molecule has 2 atom stereocenters. The van der Waals surface area contributed by atoms with Gasteiger partial charge in [0.25, 0.3) is 0 Å². The van der Waals surface area contributed by atoms with Gasteiger partial charge in [0, 0.05) is 19.6 Å². The molecule has 1 aliphatic carbocycles. The van der Waals surface area contributed by atoms with Crippen LogP contribution in [0.5, 0.6) is 0 Å². The minimum absolute atomic E-state index is 0.746. The molecule has 0 bridgehead atoms. The van der Waals surface area contributed by atoms with Gasteiger partial charge in [0.05, 0.1) is 11.4 Å². The SMILES string of the molecule is Cc1cc(CNC2CC2C)n(C)n1. The first-order chi connectivity index (χ1) is 6.16. The van der Waals surface area contributed by atoms with E-state index in [4.69, 9.17) is 0 Å². The Hall–Kier alpha value is -0.830. The molecule has 1 aromatic rings. The van der Waals surface area contributed by atoms with E-state index in [2.05, 4.69) is 23.4 Å². The zero-order chi connectivity index (χ0) is 9.42. The fourth-order valence-corrected chi connectivity index (χ4v) is 1.67. The fourth-order valence-electron chi connectivity index (χ4n) is 1.67. The molecule has 3 heteroatoms. The van der Waals surface area contributed by atoms with Gasteiger partial charge in [-0.05, 0) is 25.3 Å². The van der Waals surface area contributed by atoms with Crippen LogP contribution in [0.2, 0.25) is 0 Å². The Morgan fingerprint density at radius 3 is 2.85 bits per heavy atom. The van der Waals surface area contributed by atoms with Crippen LogP contribution in [0, 0.1) is 12.8 Å². The average Bonchev–Trinajstić information content (AvgIpc) is 2.65. The second-order valence-corrected chi connectivity index (χ2v) is 4.10. The summed E-state index contributed by atoms with van der Waals surface area (Å²) >= 11 is 0. The molecule has 1 N–H and O–H groups in total. The van der Waals surface area contributed by atoms with Crippen molar-refractivity contribution in [1.29, 1.82) is 0 Å². The van der Waals surface area contributed by atoms with Crippen molar-refractivity contribution in [3.05, 3.63) is 17.5 Å². The minimum Gasteiger partial charge on any atom is -0.308 e. The van der Waals surface area contributed by atoms with Crippen LogP contribution >= 0.6 is 0 Å². The highest BCUT2D eigenvalue weighted by Crippen LogP contribution is 2.29. The third-order valence-electron chi connectivity index (χ3n) is 2.75. The predicted molar refractivity (Wildman–Crippen MR) is 52.4 cm³/mol. The average molecular weight is 179 g/mol. The van der Waals surface area contributed by atoms with Gasteiger partial charge in [-0.2, -0.15) is 5.10 Å². The van der Waals surface area contributed by atoms with E-state index in [1.54, 1.807) is 0 Å². The van der Waals surface area contributed by atoms with Gasteiger partial charge in [0.2, 0.25) is 0 Å². The van der Waals surface area contributed by atoms with Crippen molar-refractivity contribution in [1.82, 2.24) is 15.1 Å². The van der Waals surface area contributed by atoms with Crippen molar-refractivity contribution in [2.24, 2.45) is 13.0 Å². The topological polar surface area (TPSA) is 29.9 Å². The van der Waals surface area contributed by atoms with E-state index in [0.717, 1.165) is 24.2 Å². The molecule has 72 valence electrons. The largest absolute Gasteiger partial charge is 0.308 e. The first kappa shape index (κ1) is 8.75. The van der Waals surface area contributed by atoms with E-state index >= 15 is 0 Å². The van der Waals surface area contributed by atoms with E-state index in [-0.39, 0.29) is 0 Å². The molecule has 0 radical (unpaired) electrons. The Balaban J connectivity index is 1.90. The van der Waals surface area contributed by atoms with Gasteiger partial charge in [0.15, 0.2) is 0 Å². The Morgan fingerprint density at radius 1 is 1.69 bits per heavy atom. The van der Waals surface area contributed by atoms with Crippen LogP contribution in [0.1, 0.15) is 24.7 Å². The normalized spacial score (nSPS) is 26.4. The standard InChI is InChI=1S/C10H17N3/c1-7-4-10(7)11-6-9-5-8(2)12-13(9)3/h5,7,10-11H,4,6H2,1-3H3. The second-order valence-electron chi connectivity index (χ2n) is 4.10. The zero-order valence-electron chi connectivity index (χ0n) is 8.54. The summed E-state index contributed by atoms with van der Waals surface area (Å²) in [6.45, 7) is 5.27. The third kappa shape index (κ3) is 1.91. The molecule has 1 aromatic heterocycles. The molecule has 1 heterocycles. The smallest absolute Gasteiger partial charge is 0.0597 e. The maximum atomic E-state index is 4.31. The molecule has 0 aliphatic heterocycles. The summed E-state index contributed by atoms with van der Waals surface area (Å²) < 4.78 is 1.95. The molecule has 3 nitrogen and oxygen atoms in total. The number of rotatable bonds is 3. The molecular weight excluding hydrogens is 162 g/mol. The van der Waals surface area contributed by atoms with Crippen molar-refractivity contribution in [2.45, 2.75) is 32.9 Å². The number of hydrogen-bond donors (Lipinski definition) is 1. The molecule has 0 aromatic carbocycles. The van der Waals surface area contributed by atoms with E-state index in [1.807, 2.05) is 18.7 Å². The van der Waals surface area contributed by atoms with E-state index < -0.39 is 0 Å². The van der Waals surface area contributed by atoms with Crippen LogP contribution in [0.4, 0.5) is 0 Å². The molecule has 2 unspecified atom stereocenters. The van der Waals surface area contributed by atoms with Gasteiger partial charge in [-0.1, -0.05) is 6.92 Å². The number of nitrogens with one attached hydrogen (secondary N) is 1. The first-order valence-corrected chi connectivity index (χ1v) is 4.89. The zero-order valence-corrected chi connectivity index (χ0v) is 8.54. The second kappa shape index (κ2) is 3.14. The van der Waals surface area contributed by atoms with Gasteiger partial charge in [-0.25, -0.2) is 0 Å². The first-order valence-electron chi connectivity index (χ1n) is 4.89. The maximum absolute atomic E-state index is 4.31. The lowest BCUT2D eigenvalue weighted by Gasteiger charge is -2.02. The summed E-state index contributed by atoms with van der Waals surface area (Å²) in [5.74, 6) is 0.870. The van der Waals surface area contributed by atoms with Gasteiger partial charge in [-0.15, -0.1) is 0 Å². The molecule has 13 heavy (non-hydrogen) atoms. The van der Waals surface area contributed by atoms with Crippen LogP contribution in [0.15, 0.2) is 6.07 Å². The molecule has 0 spiro atoms. The Bertz CT molecular complexity index is 303. The summed E-state index contributed by atoms with van der Waals surface area (Å²) in [6, 6.07) is 2.88. The number of nitrogens with zero attached hydrogens (tertiary/aromatic N) is 2. The summed E-state index contributed by atoms with van der Waals surface area (Å²) in [4.78, 5) is 0. The van der Waals surface area contributed by atoms with Gasteiger partial charge in [0.1, 0.15) is 0 Å². The van der Waals surface area contributed by atoms with Crippen LogP contribution in [-0.4, -0.2) is 15.8 Å². The molecule has 1 aliphatic rings. The summed E-state index contributed by atoms with van der Waals surface area (Å²) in [5.41, 5.74) is 2.37. The lowest BCUT2D eigenvalue weighted by Crippen LogP contribution is -2.18. The van der Waals surface area contributed by atoms with E-state index in [1.165, 1.54) is 12.1 Å². The quantitative estimate of drug-likeness (QED) is 0.756. The minimum atomic E-state index is 0.746. The van der Waals surface area contributed by atoms with Crippen molar-refractivity contribution >= 4 is 0 Å². The van der Waals surface area contributed by atoms with Gasteiger partial charge < -0.3 is 5.32 Å². The number of hydrogen-bond acceptors (Lipinski definition) is 2. The highest BCUT2D eigenvalue weighted by Gasteiger charge is 2.31. The molecule has 0 amide bonds. The highest BCUT2D eigenvalue weighted by molar-refractivity contribution is 5.09. The Kier molecular flexibility index (Phi) is 2.12. The third-order valence-corrected chi connectivity index (χ3v) is 2.75. The summed E-state index contributed by atoms with van der Waals surface area (Å²) in [7, 11) is 2.00. The Morgan fingerprint density at radius 2 is 2.38 bits per heavy atom. The van der Waals surface area contributed by atoms with Crippen molar-refractivity contribution in [2.75, 3.05) is 0 Å². The van der Waals surface area contributed by atoms with Crippen LogP contribution in [0.3, 0.4) is 0 Å². The highest BCUT2D eigenvalue weighted by atomic mass is 15.3. The van der Waals surface area contributed by atoms with Crippen molar-refractivity contribution in [3.8, 4) is 0 Å². The van der Waals surface area contributed by atoms with E-state index in [0.29, 0.717) is 0 Å². The Labute approximate surface area is 79.1 Å². The maximum Gasteiger partial charge on any atom is 0.0597 e. The number of aromatic nitrogens is 2. The molecule has 1 saturated carbocycles. The summed E-state index contributed by atoms with van der Waals surface area (Å²) in [5, 5.41) is 7.82. The van der Waals surface area contributed by atoms with Crippen molar-refractivity contribution < 1.29 is 0 Å². The lowest BCUT2D eigenvalue weighted by molar-refractivity contribution is 0.604. The monoisotopic (exact) mass is 179 g/mol.